The molecule has 0 amide bonds. The molecule has 2 aromatic carbocycles. The highest BCUT2D eigenvalue weighted by atomic mass is 19.3. The molecule has 1 aliphatic carbocycles. The van der Waals surface area contributed by atoms with Gasteiger partial charge in [-0.3, -0.25) is 0 Å². The van der Waals surface area contributed by atoms with Gasteiger partial charge in [0.1, 0.15) is 5.75 Å². The summed E-state index contributed by atoms with van der Waals surface area (Å²) in [7, 11) is 0. The second kappa shape index (κ2) is 5.30. The first-order chi connectivity index (χ1) is 11.2. The van der Waals surface area contributed by atoms with Gasteiger partial charge in [0.15, 0.2) is 5.60 Å². The summed E-state index contributed by atoms with van der Waals surface area (Å²) >= 11 is 0. The summed E-state index contributed by atoms with van der Waals surface area (Å²) in [4.78, 5) is 11.1. The summed E-state index contributed by atoms with van der Waals surface area (Å²) in [5.41, 5.74) is -1.62. The summed E-state index contributed by atoms with van der Waals surface area (Å²) in [5, 5.41) is 9.09. The zero-order valence-corrected chi connectivity index (χ0v) is 13.4. The molecule has 0 aliphatic heterocycles. The Bertz CT molecular complexity index is 754. The van der Waals surface area contributed by atoms with Gasteiger partial charge in [0, 0.05) is 6.42 Å². The molecule has 24 heavy (non-hydrogen) atoms. The Hall–Kier alpha value is -2.43. The molecule has 2 aromatic rings. The van der Waals surface area contributed by atoms with E-state index in [1.807, 2.05) is 0 Å². The van der Waals surface area contributed by atoms with Gasteiger partial charge in [-0.15, -0.1) is 0 Å². The lowest BCUT2D eigenvalue weighted by Gasteiger charge is -2.22. The van der Waals surface area contributed by atoms with E-state index in [2.05, 4.69) is 0 Å². The van der Waals surface area contributed by atoms with Crippen molar-refractivity contribution >= 4 is 5.97 Å². The van der Waals surface area contributed by atoms with Crippen LogP contribution in [-0.4, -0.2) is 22.6 Å². The topological polar surface area (TPSA) is 46.5 Å². The number of alkyl halides is 2. The molecule has 1 fully saturated rings. The number of rotatable bonds is 5. The Morgan fingerprint density at radius 3 is 2.00 bits per heavy atom. The van der Waals surface area contributed by atoms with E-state index in [9.17, 15) is 13.6 Å². The van der Waals surface area contributed by atoms with Crippen LogP contribution in [0, 0.1) is 0 Å². The fourth-order valence-electron chi connectivity index (χ4n) is 2.95. The Labute approximate surface area is 138 Å². The molecular weight excluding hydrogens is 314 g/mol. The molecule has 0 spiro atoms. The third kappa shape index (κ3) is 2.54. The number of carboxylic acids is 1. The van der Waals surface area contributed by atoms with Crippen LogP contribution in [0.3, 0.4) is 0 Å². The van der Waals surface area contributed by atoms with Crippen LogP contribution < -0.4 is 4.74 Å². The summed E-state index contributed by atoms with van der Waals surface area (Å²) in [6.45, 7) is 2.87. The molecule has 0 aromatic heterocycles. The van der Waals surface area contributed by atoms with Crippen molar-refractivity contribution in [3.05, 3.63) is 65.7 Å². The highest BCUT2D eigenvalue weighted by Crippen LogP contribution is 2.65. The lowest BCUT2D eigenvalue weighted by Crippen LogP contribution is -2.37. The van der Waals surface area contributed by atoms with Gasteiger partial charge in [-0.05, 0) is 37.1 Å². The quantitative estimate of drug-likeness (QED) is 0.890. The van der Waals surface area contributed by atoms with Crippen molar-refractivity contribution in [2.75, 3.05) is 0 Å². The molecule has 0 bridgehead atoms. The number of benzene rings is 2. The molecule has 1 atom stereocenters. The van der Waals surface area contributed by atoms with Crippen molar-refractivity contribution < 1.29 is 23.4 Å². The third-order valence-electron chi connectivity index (χ3n) is 4.49. The molecule has 1 aliphatic rings. The lowest BCUT2D eigenvalue weighted by atomic mass is 9.87. The highest BCUT2D eigenvalue weighted by molar-refractivity contribution is 5.76. The van der Waals surface area contributed by atoms with Crippen molar-refractivity contribution in [2.24, 2.45) is 0 Å². The average Bonchev–Trinajstić information content (AvgIpc) is 3.12. The maximum atomic E-state index is 14.2. The minimum absolute atomic E-state index is 0.231. The largest absolute Gasteiger partial charge is 0.478 e. The Morgan fingerprint density at radius 2 is 1.54 bits per heavy atom. The van der Waals surface area contributed by atoms with Crippen LogP contribution >= 0.6 is 0 Å². The summed E-state index contributed by atoms with van der Waals surface area (Å²) in [6, 6.07) is 15.0. The molecular formula is C19H18F2O3. The summed E-state index contributed by atoms with van der Waals surface area (Å²) in [6.07, 6.45) is -0.231. The fourth-order valence-corrected chi connectivity index (χ4v) is 2.95. The number of halogens is 2. The number of ether oxygens (including phenoxy) is 1. The number of hydrogen-bond acceptors (Lipinski definition) is 2. The van der Waals surface area contributed by atoms with E-state index in [1.54, 1.807) is 54.6 Å². The number of carbonyl (C=O) groups is 1. The van der Waals surface area contributed by atoms with Crippen LogP contribution in [0.2, 0.25) is 0 Å². The molecule has 1 saturated carbocycles. The van der Waals surface area contributed by atoms with Crippen LogP contribution in [0.1, 0.15) is 31.4 Å². The van der Waals surface area contributed by atoms with Crippen LogP contribution in [0.15, 0.2) is 54.6 Å². The van der Waals surface area contributed by atoms with Crippen LogP contribution in [0.25, 0.3) is 0 Å². The second-order valence-electron chi connectivity index (χ2n) is 6.59. The number of aliphatic carboxylic acids is 1. The van der Waals surface area contributed by atoms with E-state index in [1.165, 1.54) is 13.8 Å². The molecule has 1 N–H and O–H groups in total. The predicted octanol–water partition coefficient (Wildman–Crippen LogP) is 4.25. The summed E-state index contributed by atoms with van der Waals surface area (Å²) in [5.74, 6) is -3.56. The Morgan fingerprint density at radius 1 is 1.04 bits per heavy atom. The van der Waals surface area contributed by atoms with Gasteiger partial charge in [0.2, 0.25) is 0 Å². The monoisotopic (exact) mass is 332 g/mol. The Kier molecular flexibility index (Phi) is 3.62. The third-order valence-corrected chi connectivity index (χ3v) is 4.49. The standard InChI is InChI=1S/C19H18F2O3/c1-17(2,16(22)23)24-15-10-8-14(9-11-15)18(12-19(18,20)21)13-6-4-3-5-7-13/h3-11H,12H2,1-2H3,(H,22,23). The van der Waals surface area contributed by atoms with Crippen LogP contribution in [0.4, 0.5) is 8.78 Å². The maximum absolute atomic E-state index is 14.2. The average molecular weight is 332 g/mol. The van der Waals surface area contributed by atoms with Gasteiger partial charge in [-0.25, -0.2) is 13.6 Å². The molecule has 0 saturated heterocycles. The SMILES string of the molecule is CC(C)(Oc1ccc(C2(c3ccccc3)CC2(F)F)cc1)C(=O)O. The van der Waals surface area contributed by atoms with Gasteiger partial charge < -0.3 is 9.84 Å². The van der Waals surface area contributed by atoms with Gasteiger partial charge in [0.25, 0.3) is 5.92 Å². The minimum atomic E-state index is -2.79. The maximum Gasteiger partial charge on any atom is 0.347 e. The van der Waals surface area contributed by atoms with Crippen molar-refractivity contribution in [1.82, 2.24) is 0 Å². The predicted molar refractivity (Wildman–Crippen MR) is 85.6 cm³/mol. The van der Waals surface area contributed by atoms with E-state index < -0.39 is 22.9 Å². The first-order valence-electron chi connectivity index (χ1n) is 7.65. The lowest BCUT2D eigenvalue weighted by molar-refractivity contribution is -0.152. The van der Waals surface area contributed by atoms with Gasteiger partial charge >= 0.3 is 5.97 Å². The first-order valence-corrected chi connectivity index (χ1v) is 7.65. The van der Waals surface area contributed by atoms with Crippen LogP contribution in [-0.2, 0) is 10.2 Å². The van der Waals surface area contributed by atoms with E-state index in [0.29, 0.717) is 16.9 Å². The highest BCUT2D eigenvalue weighted by Gasteiger charge is 2.72. The molecule has 3 rings (SSSR count). The van der Waals surface area contributed by atoms with Crippen molar-refractivity contribution in [1.29, 1.82) is 0 Å². The van der Waals surface area contributed by atoms with Crippen LogP contribution in [0.5, 0.6) is 5.75 Å². The van der Waals surface area contributed by atoms with Crippen molar-refractivity contribution in [2.45, 2.75) is 37.2 Å². The zero-order valence-electron chi connectivity index (χ0n) is 13.4. The molecule has 126 valence electrons. The van der Waals surface area contributed by atoms with E-state index in [0.717, 1.165) is 0 Å². The van der Waals surface area contributed by atoms with E-state index >= 15 is 0 Å². The van der Waals surface area contributed by atoms with Gasteiger partial charge in [-0.1, -0.05) is 42.5 Å². The van der Waals surface area contributed by atoms with Gasteiger partial charge in [-0.2, -0.15) is 0 Å². The second-order valence-corrected chi connectivity index (χ2v) is 6.59. The summed E-state index contributed by atoms with van der Waals surface area (Å²) < 4.78 is 33.8. The zero-order chi connectivity index (χ0) is 17.6. The fraction of sp³-hybridized carbons (Fsp3) is 0.316. The smallest absolute Gasteiger partial charge is 0.347 e. The molecule has 0 radical (unpaired) electrons. The number of hydrogen-bond donors (Lipinski definition) is 1. The van der Waals surface area contributed by atoms with Gasteiger partial charge in [0.05, 0.1) is 5.41 Å². The van der Waals surface area contributed by atoms with E-state index in [4.69, 9.17) is 9.84 Å². The van der Waals surface area contributed by atoms with E-state index in [-0.39, 0.29) is 6.42 Å². The normalized spacial score (nSPS) is 22.0. The number of carboxylic acid groups (broad SMARTS) is 1. The minimum Gasteiger partial charge on any atom is -0.478 e. The first kappa shape index (κ1) is 16.4. The van der Waals surface area contributed by atoms with Crippen molar-refractivity contribution in [3.63, 3.8) is 0 Å². The molecule has 5 heteroatoms. The molecule has 3 nitrogen and oxygen atoms in total. The molecule has 1 unspecified atom stereocenters. The molecule has 0 heterocycles. The van der Waals surface area contributed by atoms with Crippen molar-refractivity contribution in [3.8, 4) is 5.75 Å². The Balaban J connectivity index is 1.92.